The van der Waals surface area contributed by atoms with Crippen LogP contribution in [0.15, 0.2) is 28.2 Å². The largest absolute Gasteiger partial charge is 0.409 e. The van der Waals surface area contributed by atoms with E-state index in [2.05, 4.69) is 36.2 Å². The Balaban J connectivity index is 2.44. The van der Waals surface area contributed by atoms with Gasteiger partial charge in [0.2, 0.25) is 11.7 Å². The quantitative estimate of drug-likeness (QED) is 0.375. The number of halogens is 2. The summed E-state index contributed by atoms with van der Waals surface area (Å²) in [6, 6.07) is 1.68. The first-order valence-electron chi connectivity index (χ1n) is 4.33. The highest BCUT2D eigenvalue weighted by Gasteiger charge is 2.10. The van der Waals surface area contributed by atoms with Crippen molar-refractivity contribution < 1.29 is 5.21 Å². The van der Waals surface area contributed by atoms with Crippen LogP contribution in [0.2, 0.25) is 5.02 Å². The lowest BCUT2D eigenvalue weighted by atomic mass is 10.4. The summed E-state index contributed by atoms with van der Waals surface area (Å²) in [5, 5.41) is 15.7. The van der Waals surface area contributed by atoms with Crippen molar-refractivity contribution in [2.75, 3.05) is 0 Å². The number of aromatic nitrogens is 4. The molecule has 0 aromatic carbocycles. The van der Waals surface area contributed by atoms with Crippen LogP contribution in [-0.4, -0.2) is 30.8 Å². The van der Waals surface area contributed by atoms with E-state index in [4.69, 9.17) is 22.5 Å². The van der Waals surface area contributed by atoms with Crippen molar-refractivity contribution in [1.82, 2.24) is 19.7 Å². The third-order valence-corrected chi connectivity index (χ3v) is 2.55. The van der Waals surface area contributed by atoms with Gasteiger partial charge in [0.1, 0.15) is 6.33 Å². The number of rotatable bonds is 2. The number of hydrogen-bond acceptors (Lipinski definition) is 5. The van der Waals surface area contributed by atoms with Gasteiger partial charge < -0.3 is 10.9 Å². The lowest BCUT2D eigenvalue weighted by Gasteiger charge is -2.01. The van der Waals surface area contributed by atoms with Crippen molar-refractivity contribution in [3.05, 3.63) is 33.9 Å². The lowest BCUT2D eigenvalue weighted by molar-refractivity contribution is 0.318. The molecule has 3 N–H and O–H groups in total. The highest BCUT2D eigenvalue weighted by atomic mass is 79.9. The molecule has 0 amide bonds. The fraction of sp³-hybridized carbons (Fsp3) is 0. The van der Waals surface area contributed by atoms with Crippen LogP contribution in [0.4, 0.5) is 0 Å². The smallest absolute Gasteiger partial charge is 0.220 e. The minimum Gasteiger partial charge on any atom is -0.409 e. The molecule has 0 spiro atoms. The van der Waals surface area contributed by atoms with Crippen LogP contribution in [0.5, 0.6) is 0 Å². The molecule has 2 rings (SSSR count). The van der Waals surface area contributed by atoms with E-state index < -0.39 is 0 Å². The lowest BCUT2D eigenvalue weighted by Crippen LogP contribution is -2.15. The molecule has 2 heterocycles. The third kappa shape index (κ3) is 2.37. The summed E-state index contributed by atoms with van der Waals surface area (Å²) in [5.41, 5.74) is 5.35. The van der Waals surface area contributed by atoms with Crippen molar-refractivity contribution >= 4 is 33.4 Å². The van der Waals surface area contributed by atoms with Gasteiger partial charge in [-0.3, -0.25) is 0 Å². The van der Waals surface area contributed by atoms with Gasteiger partial charge in [0.05, 0.1) is 5.02 Å². The van der Waals surface area contributed by atoms with Gasteiger partial charge in [0.25, 0.3) is 0 Å². The summed E-state index contributed by atoms with van der Waals surface area (Å²) in [7, 11) is 0. The average Bonchev–Trinajstić information content (AvgIpc) is 2.77. The number of hydrogen-bond donors (Lipinski definition) is 2. The first-order valence-corrected chi connectivity index (χ1v) is 5.50. The summed E-state index contributed by atoms with van der Waals surface area (Å²) in [4.78, 5) is 7.94. The minimum absolute atomic E-state index is 0.0910. The number of nitrogens with two attached hydrogens (primary N) is 1. The SMILES string of the molecule is NC(=NO)c1ncn(-c2ncc(Br)cc2Cl)n1. The Kier molecular flexibility index (Phi) is 3.25. The maximum Gasteiger partial charge on any atom is 0.220 e. The Bertz CT molecular complexity index is 583. The van der Waals surface area contributed by atoms with Crippen LogP contribution in [0.3, 0.4) is 0 Å². The molecular formula is C8H6BrClN6O. The molecule has 17 heavy (non-hydrogen) atoms. The monoisotopic (exact) mass is 316 g/mol. The van der Waals surface area contributed by atoms with E-state index >= 15 is 0 Å². The highest BCUT2D eigenvalue weighted by molar-refractivity contribution is 9.10. The van der Waals surface area contributed by atoms with E-state index in [-0.39, 0.29) is 11.7 Å². The van der Waals surface area contributed by atoms with Gasteiger partial charge in [-0.1, -0.05) is 16.8 Å². The standard InChI is InChI=1S/C8H6BrClN6O/c9-4-1-5(10)8(12-2-4)16-3-13-7(14-16)6(11)15-17/h1-3,17H,(H2,11,15). The molecule has 0 atom stereocenters. The van der Waals surface area contributed by atoms with E-state index in [1.807, 2.05) is 0 Å². The van der Waals surface area contributed by atoms with Gasteiger partial charge in [-0.25, -0.2) is 14.6 Å². The second-order valence-electron chi connectivity index (χ2n) is 2.96. The molecule has 0 radical (unpaired) electrons. The molecule has 0 unspecified atom stereocenters. The second-order valence-corrected chi connectivity index (χ2v) is 4.28. The second kappa shape index (κ2) is 4.68. The van der Waals surface area contributed by atoms with Gasteiger partial charge in [-0.2, -0.15) is 0 Å². The van der Waals surface area contributed by atoms with Gasteiger partial charge in [-0.15, -0.1) is 5.10 Å². The van der Waals surface area contributed by atoms with Crippen molar-refractivity contribution in [2.45, 2.75) is 0 Å². The van der Waals surface area contributed by atoms with Gasteiger partial charge in [0.15, 0.2) is 5.82 Å². The first-order chi connectivity index (χ1) is 8.11. The van der Waals surface area contributed by atoms with Crippen LogP contribution in [-0.2, 0) is 0 Å². The van der Waals surface area contributed by atoms with E-state index in [9.17, 15) is 0 Å². The normalized spacial score (nSPS) is 11.8. The number of pyridine rings is 1. The van der Waals surface area contributed by atoms with Crippen LogP contribution in [0, 0.1) is 0 Å². The maximum atomic E-state index is 8.48. The molecule has 0 saturated heterocycles. The summed E-state index contributed by atoms with van der Waals surface area (Å²) >= 11 is 9.24. The molecule has 0 saturated carbocycles. The highest BCUT2D eigenvalue weighted by Crippen LogP contribution is 2.21. The molecule has 0 bridgehead atoms. The third-order valence-electron chi connectivity index (χ3n) is 1.83. The van der Waals surface area contributed by atoms with Gasteiger partial charge in [-0.05, 0) is 22.0 Å². The van der Waals surface area contributed by atoms with Crippen molar-refractivity contribution in [2.24, 2.45) is 10.9 Å². The maximum absolute atomic E-state index is 8.48. The Morgan fingerprint density at radius 1 is 1.53 bits per heavy atom. The van der Waals surface area contributed by atoms with Gasteiger partial charge in [0, 0.05) is 10.7 Å². The zero-order valence-corrected chi connectivity index (χ0v) is 10.6. The molecule has 2 aromatic rings. The fourth-order valence-electron chi connectivity index (χ4n) is 1.10. The molecule has 88 valence electrons. The fourth-order valence-corrected chi connectivity index (χ4v) is 1.82. The summed E-state index contributed by atoms with van der Waals surface area (Å²) in [6.45, 7) is 0. The Labute approximate surface area is 109 Å². The van der Waals surface area contributed by atoms with Crippen molar-refractivity contribution in [3.8, 4) is 5.82 Å². The van der Waals surface area contributed by atoms with Crippen LogP contribution in [0.1, 0.15) is 5.82 Å². The zero-order valence-electron chi connectivity index (χ0n) is 8.25. The zero-order chi connectivity index (χ0) is 12.4. The predicted molar refractivity (Wildman–Crippen MR) is 64.4 cm³/mol. The number of oxime groups is 1. The summed E-state index contributed by atoms with van der Waals surface area (Å²) in [6.07, 6.45) is 2.95. The number of nitrogens with zero attached hydrogens (tertiary/aromatic N) is 5. The molecule has 9 heteroatoms. The predicted octanol–water partition coefficient (Wildman–Crippen LogP) is 1.17. The van der Waals surface area contributed by atoms with E-state index in [1.165, 1.54) is 11.0 Å². The van der Waals surface area contributed by atoms with E-state index in [1.54, 1.807) is 12.3 Å². The van der Waals surface area contributed by atoms with Gasteiger partial charge >= 0.3 is 0 Å². The first kappa shape index (κ1) is 11.8. The minimum atomic E-state index is -0.183. The molecule has 0 aliphatic carbocycles. The molecule has 2 aromatic heterocycles. The molecule has 7 nitrogen and oxygen atoms in total. The molecule has 0 fully saturated rings. The molecular weight excluding hydrogens is 311 g/mol. The molecule has 0 aliphatic rings. The Morgan fingerprint density at radius 3 is 2.94 bits per heavy atom. The average molecular weight is 318 g/mol. The van der Waals surface area contributed by atoms with E-state index in [0.29, 0.717) is 10.8 Å². The van der Waals surface area contributed by atoms with Crippen LogP contribution >= 0.6 is 27.5 Å². The van der Waals surface area contributed by atoms with Crippen LogP contribution < -0.4 is 5.73 Å². The Morgan fingerprint density at radius 2 is 2.29 bits per heavy atom. The van der Waals surface area contributed by atoms with Crippen molar-refractivity contribution in [1.29, 1.82) is 0 Å². The summed E-state index contributed by atoms with van der Waals surface area (Å²) < 4.78 is 2.09. The summed E-state index contributed by atoms with van der Waals surface area (Å²) in [5.74, 6) is 0.310. The molecule has 0 aliphatic heterocycles. The topological polar surface area (TPSA) is 102 Å². The van der Waals surface area contributed by atoms with Crippen molar-refractivity contribution in [3.63, 3.8) is 0 Å². The van der Waals surface area contributed by atoms with E-state index in [0.717, 1.165) is 4.47 Å². The number of amidine groups is 1. The van der Waals surface area contributed by atoms with Crippen LogP contribution in [0.25, 0.3) is 5.82 Å². The Hall–Kier alpha value is -1.67.